The molecule has 1 rings (SSSR count). The minimum atomic E-state index is 0.0982. The number of methoxy groups -OCH3 is 1. The lowest BCUT2D eigenvalue weighted by molar-refractivity contribution is 0.0587. The molecular weight excluding hydrogens is 208 g/mol. The van der Waals surface area contributed by atoms with Crippen molar-refractivity contribution in [3.8, 4) is 0 Å². The van der Waals surface area contributed by atoms with Crippen LogP contribution in [0.15, 0.2) is 12.4 Å². The summed E-state index contributed by atoms with van der Waals surface area (Å²) in [7, 11) is 3.54. The first-order chi connectivity index (χ1) is 7.76. The lowest BCUT2D eigenvalue weighted by Gasteiger charge is -2.14. The second kappa shape index (κ2) is 7.34. The fourth-order valence-corrected chi connectivity index (χ4v) is 1.40. The van der Waals surface area contributed by atoms with E-state index in [1.807, 2.05) is 19.4 Å². The molecule has 0 aliphatic carbocycles. The molecule has 6 nitrogen and oxygen atoms in total. The predicted molar refractivity (Wildman–Crippen MR) is 60.7 cm³/mol. The van der Waals surface area contributed by atoms with Gasteiger partial charge in [-0.1, -0.05) is 0 Å². The summed E-state index contributed by atoms with van der Waals surface area (Å²) >= 11 is 0. The first kappa shape index (κ1) is 13.1. The molecule has 0 aromatic carbocycles. The Balaban J connectivity index is 2.26. The second-order valence-corrected chi connectivity index (χ2v) is 3.66. The maximum atomic E-state index is 5.45. The molecule has 0 amide bonds. The van der Waals surface area contributed by atoms with Crippen molar-refractivity contribution >= 4 is 0 Å². The van der Waals surface area contributed by atoms with Gasteiger partial charge in [-0.2, -0.15) is 5.10 Å². The van der Waals surface area contributed by atoms with Gasteiger partial charge in [0.25, 0.3) is 0 Å². The van der Waals surface area contributed by atoms with E-state index in [2.05, 4.69) is 10.5 Å². The molecule has 0 aliphatic heterocycles. The number of hydrogen-bond acceptors (Lipinski definition) is 5. The number of hydrazine groups is 1. The van der Waals surface area contributed by atoms with Crippen LogP contribution in [0.2, 0.25) is 0 Å². The Hall–Kier alpha value is -0.950. The topological polar surface area (TPSA) is 74.3 Å². The first-order valence-electron chi connectivity index (χ1n) is 5.26. The number of ether oxygens (including phenoxy) is 2. The molecule has 1 aromatic rings. The zero-order valence-electron chi connectivity index (χ0n) is 9.85. The average molecular weight is 228 g/mol. The van der Waals surface area contributed by atoms with E-state index in [4.69, 9.17) is 15.3 Å². The van der Waals surface area contributed by atoms with E-state index < -0.39 is 0 Å². The Bertz CT molecular complexity index is 290. The van der Waals surface area contributed by atoms with Gasteiger partial charge in [0.1, 0.15) is 0 Å². The van der Waals surface area contributed by atoms with Crippen molar-refractivity contribution in [2.24, 2.45) is 12.9 Å². The summed E-state index contributed by atoms with van der Waals surface area (Å²) in [6, 6.07) is 0.0982. The van der Waals surface area contributed by atoms with Crippen LogP contribution >= 0.6 is 0 Å². The van der Waals surface area contributed by atoms with Crippen molar-refractivity contribution in [1.82, 2.24) is 15.2 Å². The van der Waals surface area contributed by atoms with Crippen LogP contribution in [0, 0.1) is 0 Å². The normalized spacial score (nSPS) is 12.9. The van der Waals surface area contributed by atoms with E-state index in [9.17, 15) is 0 Å². The van der Waals surface area contributed by atoms with Crippen LogP contribution in [0.3, 0.4) is 0 Å². The fraction of sp³-hybridized carbons (Fsp3) is 0.700. The Kier molecular flexibility index (Phi) is 6.02. The van der Waals surface area contributed by atoms with Gasteiger partial charge in [-0.25, -0.2) is 0 Å². The van der Waals surface area contributed by atoms with Crippen molar-refractivity contribution in [2.45, 2.75) is 12.5 Å². The van der Waals surface area contributed by atoms with Crippen LogP contribution < -0.4 is 11.3 Å². The van der Waals surface area contributed by atoms with Gasteiger partial charge in [0, 0.05) is 26.4 Å². The summed E-state index contributed by atoms with van der Waals surface area (Å²) in [4.78, 5) is 0. The minimum Gasteiger partial charge on any atom is -0.382 e. The Morgan fingerprint density at radius 2 is 2.38 bits per heavy atom. The molecule has 0 radical (unpaired) electrons. The standard InChI is InChI=1S/C10H20N4O2/c1-14-7-9(6-12-14)5-10(13-11)8-16-4-3-15-2/h6-7,10,13H,3-5,8,11H2,1-2H3. The zero-order chi connectivity index (χ0) is 11.8. The van der Waals surface area contributed by atoms with Gasteiger partial charge >= 0.3 is 0 Å². The molecule has 1 aromatic heterocycles. The summed E-state index contributed by atoms with van der Waals surface area (Å²) in [5.41, 5.74) is 3.87. The molecule has 3 N–H and O–H groups in total. The van der Waals surface area contributed by atoms with Crippen LogP contribution in [-0.2, 0) is 22.9 Å². The largest absolute Gasteiger partial charge is 0.382 e. The molecule has 16 heavy (non-hydrogen) atoms. The summed E-state index contributed by atoms with van der Waals surface area (Å²) in [5.74, 6) is 5.45. The number of aromatic nitrogens is 2. The maximum Gasteiger partial charge on any atom is 0.0701 e. The van der Waals surface area contributed by atoms with Gasteiger partial charge in [-0.3, -0.25) is 16.0 Å². The Labute approximate surface area is 95.7 Å². The number of hydrogen-bond donors (Lipinski definition) is 2. The van der Waals surface area contributed by atoms with Crippen molar-refractivity contribution < 1.29 is 9.47 Å². The molecule has 1 atom stereocenters. The van der Waals surface area contributed by atoms with E-state index in [1.54, 1.807) is 11.8 Å². The van der Waals surface area contributed by atoms with E-state index in [0.717, 1.165) is 12.0 Å². The molecule has 0 saturated carbocycles. The van der Waals surface area contributed by atoms with Crippen LogP contribution in [0.4, 0.5) is 0 Å². The van der Waals surface area contributed by atoms with Gasteiger partial charge in [0.2, 0.25) is 0 Å². The Morgan fingerprint density at radius 3 is 2.94 bits per heavy atom. The predicted octanol–water partition coefficient (Wildman–Crippen LogP) is -0.542. The minimum absolute atomic E-state index is 0.0982. The third kappa shape index (κ3) is 4.71. The van der Waals surface area contributed by atoms with Crippen LogP contribution in [0.5, 0.6) is 0 Å². The summed E-state index contributed by atoms with van der Waals surface area (Å²) in [5, 5.41) is 4.10. The van der Waals surface area contributed by atoms with Gasteiger partial charge < -0.3 is 9.47 Å². The molecule has 1 unspecified atom stereocenters. The highest BCUT2D eigenvalue weighted by atomic mass is 16.5. The molecule has 0 aliphatic rings. The smallest absolute Gasteiger partial charge is 0.0701 e. The molecule has 0 bridgehead atoms. The number of nitrogens with zero attached hydrogens (tertiary/aromatic N) is 2. The highest BCUT2D eigenvalue weighted by molar-refractivity contribution is 5.05. The number of rotatable bonds is 8. The quantitative estimate of drug-likeness (QED) is 0.355. The third-order valence-corrected chi connectivity index (χ3v) is 2.23. The van der Waals surface area contributed by atoms with Crippen molar-refractivity contribution in [3.63, 3.8) is 0 Å². The lowest BCUT2D eigenvalue weighted by Crippen LogP contribution is -2.40. The van der Waals surface area contributed by atoms with Gasteiger partial charge in [0.05, 0.1) is 26.0 Å². The van der Waals surface area contributed by atoms with Crippen LogP contribution in [-0.4, -0.2) is 42.8 Å². The van der Waals surface area contributed by atoms with Crippen molar-refractivity contribution in [1.29, 1.82) is 0 Å². The van der Waals surface area contributed by atoms with Crippen molar-refractivity contribution in [3.05, 3.63) is 18.0 Å². The molecule has 92 valence electrons. The number of nitrogens with one attached hydrogen (secondary N) is 1. The summed E-state index contributed by atoms with van der Waals surface area (Å²) in [6.07, 6.45) is 4.61. The van der Waals surface area contributed by atoms with E-state index in [-0.39, 0.29) is 6.04 Å². The maximum absolute atomic E-state index is 5.45. The monoisotopic (exact) mass is 228 g/mol. The van der Waals surface area contributed by atoms with E-state index in [0.29, 0.717) is 19.8 Å². The first-order valence-corrected chi connectivity index (χ1v) is 5.26. The molecular formula is C10H20N4O2. The molecule has 1 heterocycles. The molecule has 6 heteroatoms. The van der Waals surface area contributed by atoms with Crippen LogP contribution in [0.1, 0.15) is 5.56 Å². The highest BCUT2D eigenvalue weighted by Gasteiger charge is 2.08. The number of aryl methyl sites for hydroxylation is 1. The highest BCUT2D eigenvalue weighted by Crippen LogP contribution is 2.01. The summed E-state index contributed by atoms with van der Waals surface area (Å²) in [6.45, 7) is 1.75. The fourth-order valence-electron chi connectivity index (χ4n) is 1.40. The van der Waals surface area contributed by atoms with Gasteiger partial charge in [-0.15, -0.1) is 0 Å². The van der Waals surface area contributed by atoms with Gasteiger partial charge in [0.15, 0.2) is 0 Å². The molecule has 0 spiro atoms. The molecule has 0 saturated heterocycles. The summed E-state index contributed by atoms with van der Waals surface area (Å²) < 4.78 is 12.1. The SMILES string of the molecule is COCCOCC(Cc1cnn(C)c1)NN. The van der Waals surface area contributed by atoms with E-state index in [1.165, 1.54) is 0 Å². The number of nitrogens with two attached hydrogens (primary N) is 1. The van der Waals surface area contributed by atoms with E-state index >= 15 is 0 Å². The zero-order valence-corrected chi connectivity index (χ0v) is 9.85. The lowest BCUT2D eigenvalue weighted by atomic mass is 10.1. The second-order valence-electron chi connectivity index (χ2n) is 3.66. The third-order valence-electron chi connectivity index (χ3n) is 2.23. The Morgan fingerprint density at radius 1 is 1.56 bits per heavy atom. The van der Waals surface area contributed by atoms with Crippen molar-refractivity contribution in [2.75, 3.05) is 26.9 Å². The molecule has 0 fully saturated rings. The van der Waals surface area contributed by atoms with Crippen LogP contribution in [0.25, 0.3) is 0 Å². The average Bonchev–Trinajstić information content (AvgIpc) is 2.68. The van der Waals surface area contributed by atoms with Gasteiger partial charge in [-0.05, 0) is 12.0 Å².